The van der Waals surface area contributed by atoms with Gasteiger partial charge in [0, 0.05) is 12.3 Å². The standard InChI is InChI=1S/C11H12ClN3O2/c1-16-8-3-2-4-9(5-8)17-7-15-6-10(12)11(13)14-15/h2-6H,7H2,1H3,(H2,13,14). The number of halogens is 1. The molecule has 0 aliphatic heterocycles. The van der Waals surface area contributed by atoms with E-state index in [4.69, 9.17) is 26.8 Å². The van der Waals surface area contributed by atoms with Gasteiger partial charge in [-0.3, -0.25) is 0 Å². The lowest BCUT2D eigenvalue weighted by Crippen LogP contribution is -2.06. The second kappa shape index (κ2) is 4.97. The van der Waals surface area contributed by atoms with Crippen LogP contribution in [-0.2, 0) is 6.73 Å². The Morgan fingerprint density at radius 1 is 1.41 bits per heavy atom. The molecule has 0 spiro atoms. The fraction of sp³-hybridized carbons (Fsp3) is 0.182. The SMILES string of the molecule is COc1cccc(OCn2cc(Cl)c(N)n2)c1. The van der Waals surface area contributed by atoms with Gasteiger partial charge in [0.25, 0.3) is 0 Å². The Labute approximate surface area is 104 Å². The van der Waals surface area contributed by atoms with E-state index in [1.807, 2.05) is 18.2 Å². The molecule has 90 valence electrons. The Kier molecular flexibility index (Phi) is 3.39. The molecular weight excluding hydrogens is 242 g/mol. The van der Waals surface area contributed by atoms with Gasteiger partial charge in [-0.15, -0.1) is 0 Å². The number of ether oxygens (including phenoxy) is 2. The van der Waals surface area contributed by atoms with Gasteiger partial charge < -0.3 is 15.2 Å². The first-order chi connectivity index (χ1) is 8.19. The topological polar surface area (TPSA) is 62.3 Å². The molecule has 5 nitrogen and oxygen atoms in total. The average molecular weight is 254 g/mol. The summed E-state index contributed by atoms with van der Waals surface area (Å²) in [7, 11) is 1.60. The van der Waals surface area contributed by atoms with Gasteiger partial charge >= 0.3 is 0 Å². The predicted octanol–water partition coefficient (Wildman–Crippen LogP) is 2.16. The van der Waals surface area contributed by atoms with E-state index in [-0.39, 0.29) is 6.73 Å². The molecule has 0 bridgehead atoms. The number of hydrogen-bond acceptors (Lipinski definition) is 4. The zero-order chi connectivity index (χ0) is 12.3. The highest BCUT2D eigenvalue weighted by atomic mass is 35.5. The van der Waals surface area contributed by atoms with Crippen LogP contribution >= 0.6 is 11.6 Å². The smallest absolute Gasteiger partial charge is 0.181 e. The maximum atomic E-state index is 5.77. The first-order valence-electron chi connectivity index (χ1n) is 4.94. The zero-order valence-corrected chi connectivity index (χ0v) is 10.0. The largest absolute Gasteiger partial charge is 0.497 e. The van der Waals surface area contributed by atoms with Crippen LogP contribution in [0.4, 0.5) is 5.82 Å². The lowest BCUT2D eigenvalue weighted by atomic mass is 10.3. The van der Waals surface area contributed by atoms with Crippen LogP contribution in [0.3, 0.4) is 0 Å². The van der Waals surface area contributed by atoms with Gasteiger partial charge in [0.15, 0.2) is 12.5 Å². The molecule has 1 heterocycles. The van der Waals surface area contributed by atoms with Gasteiger partial charge in [-0.2, -0.15) is 5.10 Å². The minimum absolute atomic E-state index is 0.240. The Bertz CT molecular complexity index is 494. The highest BCUT2D eigenvalue weighted by Gasteiger charge is 2.03. The third-order valence-corrected chi connectivity index (χ3v) is 2.44. The third kappa shape index (κ3) is 2.82. The van der Waals surface area contributed by atoms with Crippen LogP contribution in [0.1, 0.15) is 0 Å². The van der Waals surface area contributed by atoms with E-state index in [2.05, 4.69) is 5.10 Å². The molecule has 2 N–H and O–H groups in total. The molecular formula is C11H12ClN3O2. The van der Waals surface area contributed by atoms with Crippen LogP contribution in [-0.4, -0.2) is 16.9 Å². The average Bonchev–Trinajstić information content (AvgIpc) is 2.67. The molecule has 6 heteroatoms. The predicted molar refractivity (Wildman–Crippen MR) is 65.3 cm³/mol. The van der Waals surface area contributed by atoms with Crippen molar-refractivity contribution < 1.29 is 9.47 Å². The van der Waals surface area contributed by atoms with E-state index >= 15 is 0 Å². The molecule has 2 rings (SSSR count). The number of hydrogen-bond donors (Lipinski definition) is 1. The molecule has 0 unspecified atom stereocenters. The van der Waals surface area contributed by atoms with Crippen molar-refractivity contribution in [2.24, 2.45) is 0 Å². The number of anilines is 1. The van der Waals surface area contributed by atoms with Crippen molar-refractivity contribution in [2.45, 2.75) is 6.73 Å². The fourth-order valence-electron chi connectivity index (χ4n) is 1.31. The van der Waals surface area contributed by atoms with Crippen molar-refractivity contribution >= 4 is 17.4 Å². The monoisotopic (exact) mass is 253 g/mol. The lowest BCUT2D eigenvalue weighted by Gasteiger charge is -2.07. The molecule has 17 heavy (non-hydrogen) atoms. The van der Waals surface area contributed by atoms with Gasteiger partial charge in [-0.05, 0) is 12.1 Å². The van der Waals surface area contributed by atoms with E-state index < -0.39 is 0 Å². The van der Waals surface area contributed by atoms with Crippen molar-refractivity contribution in [3.63, 3.8) is 0 Å². The number of aromatic nitrogens is 2. The van der Waals surface area contributed by atoms with Crippen LogP contribution in [0, 0.1) is 0 Å². The van der Waals surface area contributed by atoms with Crippen molar-refractivity contribution in [3.8, 4) is 11.5 Å². The molecule has 0 fully saturated rings. The van der Waals surface area contributed by atoms with Crippen LogP contribution in [0.5, 0.6) is 11.5 Å². The molecule has 0 amide bonds. The first kappa shape index (κ1) is 11.6. The minimum atomic E-state index is 0.240. The van der Waals surface area contributed by atoms with Crippen LogP contribution < -0.4 is 15.2 Å². The number of rotatable bonds is 4. The zero-order valence-electron chi connectivity index (χ0n) is 9.26. The van der Waals surface area contributed by atoms with E-state index in [1.54, 1.807) is 19.4 Å². The van der Waals surface area contributed by atoms with E-state index in [0.717, 1.165) is 5.75 Å². The van der Waals surface area contributed by atoms with Crippen molar-refractivity contribution in [3.05, 3.63) is 35.5 Å². The number of nitrogen functional groups attached to an aromatic ring is 1. The highest BCUT2D eigenvalue weighted by molar-refractivity contribution is 6.32. The summed E-state index contributed by atoms with van der Waals surface area (Å²) in [6.45, 7) is 0.240. The molecule has 0 aliphatic carbocycles. The normalized spacial score (nSPS) is 10.2. The van der Waals surface area contributed by atoms with Gasteiger partial charge in [0.1, 0.15) is 16.5 Å². The maximum Gasteiger partial charge on any atom is 0.181 e. The second-order valence-electron chi connectivity index (χ2n) is 3.35. The summed E-state index contributed by atoms with van der Waals surface area (Å²) in [5.41, 5.74) is 5.52. The summed E-state index contributed by atoms with van der Waals surface area (Å²) in [6, 6.07) is 7.31. The minimum Gasteiger partial charge on any atom is -0.497 e. The number of methoxy groups -OCH3 is 1. The summed E-state index contributed by atoms with van der Waals surface area (Å²) < 4.78 is 12.1. The van der Waals surface area contributed by atoms with E-state index in [1.165, 1.54) is 4.68 Å². The Morgan fingerprint density at radius 2 is 2.18 bits per heavy atom. The molecule has 0 radical (unpaired) electrons. The molecule has 2 aromatic rings. The van der Waals surface area contributed by atoms with Gasteiger partial charge in [0.05, 0.1) is 7.11 Å². The van der Waals surface area contributed by atoms with Gasteiger partial charge in [-0.1, -0.05) is 17.7 Å². The number of nitrogens with two attached hydrogens (primary N) is 1. The Morgan fingerprint density at radius 3 is 2.82 bits per heavy atom. The Hall–Kier alpha value is -1.88. The van der Waals surface area contributed by atoms with Crippen LogP contribution in [0.25, 0.3) is 0 Å². The lowest BCUT2D eigenvalue weighted by molar-refractivity contribution is 0.220. The highest BCUT2D eigenvalue weighted by Crippen LogP contribution is 2.20. The molecule has 0 aliphatic rings. The fourth-order valence-corrected chi connectivity index (χ4v) is 1.46. The molecule has 0 saturated carbocycles. The number of nitrogens with zero attached hydrogens (tertiary/aromatic N) is 2. The van der Waals surface area contributed by atoms with E-state index in [0.29, 0.717) is 16.6 Å². The maximum absolute atomic E-state index is 5.77. The molecule has 0 saturated heterocycles. The van der Waals surface area contributed by atoms with Crippen molar-refractivity contribution in [1.82, 2.24) is 9.78 Å². The quantitative estimate of drug-likeness (QED) is 0.907. The summed E-state index contributed by atoms with van der Waals surface area (Å²) in [6.07, 6.45) is 1.61. The molecule has 1 aromatic carbocycles. The number of benzene rings is 1. The van der Waals surface area contributed by atoms with Crippen LogP contribution in [0.15, 0.2) is 30.5 Å². The second-order valence-corrected chi connectivity index (χ2v) is 3.76. The summed E-state index contributed by atoms with van der Waals surface area (Å²) in [5, 5.41) is 4.39. The third-order valence-electron chi connectivity index (χ3n) is 2.15. The van der Waals surface area contributed by atoms with Crippen LogP contribution in [0.2, 0.25) is 5.02 Å². The molecule has 0 atom stereocenters. The van der Waals surface area contributed by atoms with E-state index in [9.17, 15) is 0 Å². The van der Waals surface area contributed by atoms with Crippen molar-refractivity contribution in [2.75, 3.05) is 12.8 Å². The van der Waals surface area contributed by atoms with Gasteiger partial charge in [0.2, 0.25) is 0 Å². The van der Waals surface area contributed by atoms with Crippen molar-refractivity contribution in [1.29, 1.82) is 0 Å². The Balaban J connectivity index is 2.01. The molecule has 1 aromatic heterocycles. The van der Waals surface area contributed by atoms with Gasteiger partial charge in [-0.25, -0.2) is 4.68 Å². The summed E-state index contributed by atoms with van der Waals surface area (Å²) in [4.78, 5) is 0. The summed E-state index contributed by atoms with van der Waals surface area (Å²) >= 11 is 5.77. The summed E-state index contributed by atoms with van der Waals surface area (Å²) in [5.74, 6) is 1.72. The first-order valence-corrected chi connectivity index (χ1v) is 5.32.